The van der Waals surface area contributed by atoms with Gasteiger partial charge >= 0.3 is 0 Å². The van der Waals surface area contributed by atoms with Crippen LogP contribution in [-0.2, 0) is 9.59 Å². The molecule has 2 amide bonds. The van der Waals surface area contributed by atoms with Crippen molar-refractivity contribution in [1.82, 2.24) is 21.3 Å². The van der Waals surface area contributed by atoms with Gasteiger partial charge in [-0.15, -0.1) is 0 Å². The van der Waals surface area contributed by atoms with Crippen LogP contribution in [0.1, 0.15) is 27.7 Å². The number of hydrogen-bond acceptors (Lipinski definition) is 8. The van der Waals surface area contributed by atoms with Crippen LogP contribution < -0.4 is 30.7 Å². The molecule has 210 valence electrons. The number of nitrogens with one attached hydrogen (secondary N) is 4. The largest absolute Gasteiger partial charge is 0.484 e. The van der Waals surface area contributed by atoms with Crippen LogP contribution in [0.3, 0.4) is 0 Å². The first-order chi connectivity index (χ1) is 18.2. The van der Waals surface area contributed by atoms with Crippen LogP contribution >= 0.6 is 21.6 Å². The average molecular weight is 563 g/mol. The van der Waals surface area contributed by atoms with E-state index in [0.29, 0.717) is 37.7 Å². The van der Waals surface area contributed by atoms with E-state index in [2.05, 4.69) is 49.0 Å². The maximum Gasteiger partial charge on any atom is 0.257 e. The van der Waals surface area contributed by atoms with E-state index in [0.717, 1.165) is 13.1 Å². The van der Waals surface area contributed by atoms with Gasteiger partial charge in [0.2, 0.25) is 0 Å². The van der Waals surface area contributed by atoms with E-state index >= 15 is 0 Å². The lowest BCUT2D eigenvalue weighted by atomic mass is 10.2. The van der Waals surface area contributed by atoms with E-state index in [4.69, 9.17) is 9.47 Å². The number of rotatable bonds is 19. The van der Waals surface area contributed by atoms with E-state index in [1.807, 2.05) is 82.3 Å². The van der Waals surface area contributed by atoms with Gasteiger partial charge in [0.25, 0.3) is 11.8 Å². The van der Waals surface area contributed by atoms with Gasteiger partial charge in [-0.25, -0.2) is 0 Å². The highest BCUT2D eigenvalue weighted by molar-refractivity contribution is 8.77. The van der Waals surface area contributed by atoms with E-state index in [-0.39, 0.29) is 34.5 Å². The quantitative estimate of drug-likeness (QED) is 0.153. The molecule has 0 heterocycles. The summed E-state index contributed by atoms with van der Waals surface area (Å²) in [6.45, 7) is 13.0. The summed E-state index contributed by atoms with van der Waals surface area (Å²) in [5.74, 6) is 1.11. The van der Waals surface area contributed by atoms with Crippen LogP contribution in [0, 0.1) is 0 Å². The van der Waals surface area contributed by atoms with Crippen molar-refractivity contribution >= 4 is 33.4 Å². The molecule has 0 spiro atoms. The van der Waals surface area contributed by atoms with Crippen LogP contribution in [0.15, 0.2) is 60.7 Å². The molecule has 0 aliphatic carbocycles. The Morgan fingerprint density at radius 3 is 1.37 bits per heavy atom. The summed E-state index contributed by atoms with van der Waals surface area (Å²) in [5.41, 5.74) is 0. The Hall–Kier alpha value is -2.40. The molecule has 2 aromatic rings. The molecule has 0 radical (unpaired) electrons. The standard InChI is InChI=1S/C28H42N4O4S2/c1-27(2,21-29-15-17-31-25(33)19-35-23-11-7-5-8-12-23)37-38-28(3,4)22-30-16-18-32-26(34)20-36-24-13-9-6-10-14-24/h5-14,29-30H,15-22H2,1-4H3,(H,31,33)(H,32,34). The summed E-state index contributed by atoms with van der Waals surface area (Å²) < 4.78 is 11.0. The Bertz CT molecular complexity index is 869. The number of benzene rings is 2. The highest BCUT2D eigenvalue weighted by Crippen LogP contribution is 2.42. The lowest BCUT2D eigenvalue weighted by molar-refractivity contribution is -0.123. The van der Waals surface area contributed by atoms with Gasteiger partial charge in [-0.05, 0) is 52.0 Å². The zero-order valence-corrected chi connectivity index (χ0v) is 24.5. The molecular formula is C28H42N4O4S2. The van der Waals surface area contributed by atoms with Gasteiger partial charge in [-0.3, -0.25) is 9.59 Å². The van der Waals surface area contributed by atoms with E-state index in [9.17, 15) is 9.59 Å². The SMILES string of the molecule is CC(C)(CNCCNC(=O)COc1ccccc1)SSC(C)(C)CNCCNC(=O)COc1ccccc1. The molecular weight excluding hydrogens is 520 g/mol. The lowest BCUT2D eigenvalue weighted by Gasteiger charge is -2.30. The summed E-state index contributed by atoms with van der Waals surface area (Å²) >= 11 is 0. The number of carbonyl (C=O) groups is 2. The normalized spacial score (nSPS) is 11.6. The Labute approximate surface area is 235 Å². The smallest absolute Gasteiger partial charge is 0.257 e. The Kier molecular flexibility index (Phi) is 14.4. The molecule has 2 aromatic carbocycles. The maximum absolute atomic E-state index is 11.9. The van der Waals surface area contributed by atoms with Crippen LogP contribution in [0.25, 0.3) is 0 Å². The summed E-state index contributed by atoms with van der Waals surface area (Å²) in [4.78, 5) is 23.9. The first-order valence-electron chi connectivity index (χ1n) is 12.8. The molecule has 0 fully saturated rings. The van der Waals surface area contributed by atoms with Crippen LogP contribution in [0.5, 0.6) is 11.5 Å². The van der Waals surface area contributed by atoms with Gasteiger partial charge in [-0.1, -0.05) is 58.0 Å². The van der Waals surface area contributed by atoms with Crippen molar-refractivity contribution in [2.75, 3.05) is 52.5 Å². The van der Waals surface area contributed by atoms with Crippen molar-refractivity contribution in [3.05, 3.63) is 60.7 Å². The number of amides is 2. The first kappa shape index (κ1) is 31.8. The topological polar surface area (TPSA) is 101 Å². The second-order valence-electron chi connectivity index (χ2n) is 9.94. The van der Waals surface area contributed by atoms with Gasteiger partial charge in [-0.2, -0.15) is 0 Å². The highest BCUT2D eigenvalue weighted by atomic mass is 33.1. The minimum atomic E-state index is -0.130. The Morgan fingerprint density at radius 2 is 1.00 bits per heavy atom. The third-order valence-corrected chi connectivity index (χ3v) is 9.30. The summed E-state index contributed by atoms with van der Waals surface area (Å²) in [7, 11) is 3.70. The van der Waals surface area contributed by atoms with Crippen molar-refractivity contribution in [1.29, 1.82) is 0 Å². The first-order valence-corrected chi connectivity index (χ1v) is 15.0. The van der Waals surface area contributed by atoms with E-state index < -0.39 is 0 Å². The monoisotopic (exact) mass is 562 g/mol. The Morgan fingerprint density at radius 1 is 0.632 bits per heavy atom. The van der Waals surface area contributed by atoms with Gasteiger partial charge in [0.15, 0.2) is 13.2 Å². The number of hydrogen-bond donors (Lipinski definition) is 4. The molecule has 4 N–H and O–H groups in total. The number of carbonyl (C=O) groups excluding carboxylic acids is 2. The van der Waals surface area contributed by atoms with Crippen molar-refractivity contribution in [3.8, 4) is 11.5 Å². The highest BCUT2D eigenvalue weighted by Gasteiger charge is 2.25. The zero-order chi connectivity index (χ0) is 27.7. The van der Waals surface area contributed by atoms with Crippen molar-refractivity contribution in [2.24, 2.45) is 0 Å². The third kappa shape index (κ3) is 15.1. The van der Waals surface area contributed by atoms with Gasteiger partial charge in [0.05, 0.1) is 0 Å². The lowest BCUT2D eigenvalue weighted by Crippen LogP contribution is -2.40. The van der Waals surface area contributed by atoms with Crippen LogP contribution in [-0.4, -0.2) is 73.8 Å². The predicted molar refractivity (Wildman–Crippen MR) is 159 cm³/mol. The number of para-hydroxylation sites is 2. The maximum atomic E-state index is 11.9. The molecule has 8 nitrogen and oxygen atoms in total. The van der Waals surface area contributed by atoms with Crippen molar-refractivity contribution < 1.29 is 19.1 Å². The van der Waals surface area contributed by atoms with Gasteiger partial charge in [0, 0.05) is 48.8 Å². The number of ether oxygens (including phenoxy) is 2. The van der Waals surface area contributed by atoms with Gasteiger partial charge < -0.3 is 30.7 Å². The molecule has 38 heavy (non-hydrogen) atoms. The predicted octanol–water partition coefficient (Wildman–Crippen LogP) is 3.49. The zero-order valence-electron chi connectivity index (χ0n) is 22.9. The minimum absolute atomic E-state index is 0.0140. The molecule has 0 aliphatic rings. The van der Waals surface area contributed by atoms with Gasteiger partial charge in [0.1, 0.15) is 11.5 Å². The average Bonchev–Trinajstić information content (AvgIpc) is 2.90. The fraction of sp³-hybridized carbons (Fsp3) is 0.500. The van der Waals surface area contributed by atoms with Crippen LogP contribution in [0.4, 0.5) is 0 Å². The molecule has 0 aliphatic heterocycles. The fourth-order valence-electron chi connectivity index (χ4n) is 3.08. The van der Waals surface area contributed by atoms with E-state index in [1.54, 1.807) is 0 Å². The molecule has 0 atom stereocenters. The summed E-state index contributed by atoms with van der Waals surface area (Å²) in [6.07, 6.45) is 0. The minimum Gasteiger partial charge on any atom is -0.484 e. The molecule has 0 saturated heterocycles. The fourth-order valence-corrected chi connectivity index (χ4v) is 5.56. The Balaban J connectivity index is 1.48. The van der Waals surface area contributed by atoms with E-state index in [1.165, 1.54) is 0 Å². The summed E-state index contributed by atoms with van der Waals surface area (Å²) in [5, 5.41) is 12.6. The van der Waals surface area contributed by atoms with Crippen molar-refractivity contribution in [3.63, 3.8) is 0 Å². The molecule has 2 rings (SSSR count). The molecule has 0 bridgehead atoms. The second-order valence-corrected chi connectivity index (χ2v) is 13.5. The molecule has 0 saturated carbocycles. The molecule has 0 unspecified atom stereocenters. The molecule has 0 aromatic heterocycles. The summed E-state index contributed by atoms with van der Waals surface area (Å²) in [6, 6.07) is 18.6. The third-order valence-electron chi connectivity index (χ3n) is 5.07. The van der Waals surface area contributed by atoms with Crippen LogP contribution in [0.2, 0.25) is 0 Å². The molecule has 10 heteroatoms. The second kappa shape index (κ2) is 17.2. The van der Waals surface area contributed by atoms with Crippen molar-refractivity contribution in [2.45, 2.75) is 37.2 Å².